The number of carbonyl (C=O) groups excluding carboxylic acids is 2. The molecule has 0 radical (unpaired) electrons. The number of hydrogen-bond donors (Lipinski definition) is 2. The lowest BCUT2D eigenvalue weighted by Crippen LogP contribution is -2.54. The Morgan fingerprint density at radius 2 is 1.84 bits per heavy atom. The number of nitrogens with one attached hydrogen (secondary N) is 1. The van der Waals surface area contributed by atoms with Crippen molar-refractivity contribution in [3.8, 4) is 0 Å². The van der Waals surface area contributed by atoms with Gasteiger partial charge in [0.25, 0.3) is 5.91 Å². The Morgan fingerprint density at radius 3 is 2.40 bits per heavy atom. The van der Waals surface area contributed by atoms with Crippen molar-refractivity contribution >= 4 is 35.8 Å². The fraction of sp³-hybridized carbons (Fsp3) is 0.500. The van der Waals surface area contributed by atoms with Crippen LogP contribution in [0.15, 0.2) is 18.2 Å². The third kappa shape index (κ3) is 4.23. The molecule has 1 aromatic carbocycles. The fourth-order valence-electron chi connectivity index (χ4n) is 3.12. The van der Waals surface area contributed by atoms with Crippen molar-refractivity contribution in [2.24, 2.45) is 0 Å². The van der Waals surface area contributed by atoms with E-state index in [4.69, 9.17) is 11.6 Å². The monoisotopic (exact) mass is 391 g/mol. The Hall–Kier alpha value is -1.41. The van der Waals surface area contributed by atoms with Crippen molar-refractivity contribution in [3.05, 3.63) is 34.6 Å². The van der Waals surface area contributed by atoms with Crippen molar-refractivity contribution in [2.45, 2.75) is 18.6 Å². The number of β-amino-alcohol motifs (C(OH)–C–C–N with tert-alkyl or cyclic N) is 1. The number of rotatable bonds is 2. The molecule has 0 aliphatic carbocycles. The Morgan fingerprint density at radius 1 is 1.20 bits per heavy atom. The Balaban J connectivity index is 0.00000225. The first kappa shape index (κ1) is 19.9. The van der Waals surface area contributed by atoms with Crippen LogP contribution in [0.1, 0.15) is 16.8 Å². The molecule has 0 spiro atoms. The first-order chi connectivity index (χ1) is 11.5. The van der Waals surface area contributed by atoms with Crippen molar-refractivity contribution in [1.82, 2.24) is 15.1 Å². The number of benzene rings is 1. The molecule has 9 heteroatoms. The summed E-state index contributed by atoms with van der Waals surface area (Å²) in [4.78, 5) is 28.0. The van der Waals surface area contributed by atoms with Gasteiger partial charge >= 0.3 is 0 Å². The van der Waals surface area contributed by atoms with Gasteiger partial charge in [0.05, 0.1) is 22.7 Å². The van der Waals surface area contributed by atoms with Gasteiger partial charge in [-0.2, -0.15) is 0 Å². The second-order valence-electron chi connectivity index (χ2n) is 6.06. The summed E-state index contributed by atoms with van der Waals surface area (Å²) in [6.45, 7) is 1.82. The summed E-state index contributed by atoms with van der Waals surface area (Å²) < 4.78 is 13.9. The van der Waals surface area contributed by atoms with Gasteiger partial charge < -0.3 is 20.2 Å². The second-order valence-corrected chi connectivity index (χ2v) is 6.47. The van der Waals surface area contributed by atoms with E-state index in [2.05, 4.69) is 5.32 Å². The molecule has 0 saturated carbocycles. The fourth-order valence-corrected chi connectivity index (χ4v) is 3.36. The van der Waals surface area contributed by atoms with Gasteiger partial charge in [0, 0.05) is 32.7 Å². The molecular weight excluding hydrogens is 372 g/mol. The SMILES string of the molecule is Cl.O=C(c1c(F)cccc1Cl)N1CCN(C(=O)C2CC(O)CN2)CC1. The molecule has 2 saturated heterocycles. The van der Waals surface area contributed by atoms with E-state index in [0.717, 1.165) is 0 Å². The van der Waals surface area contributed by atoms with Crippen LogP contribution >= 0.6 is 24.0 Å². The van der Waals surface area contributed by atoms with E-state index in [0.29, 0.717) is 39.1 Å². The summed E-state index contributed by atoms with van der Waals surface area (Å²) in [5, 5.41) is 12.6. The summed E-state index contributed by atoms with van der Waals surface area (Å²) in [6, 6.07) is 3.77. The Bertz CT molecular complexity index is 633. The van der Waals surface area contributed by atoms with Crippen LogP contribution in [0.4, 0.5) is 4.39 Å². The number of aliphatic hydroxyl groups excluding tert-OH is 1. The topological polar surface area (TPSA) is 72.9 Å². The number of amides is 2. The summed E-state index contributed by atoms with van der Waals surface area (Å²) in [5.74, 6) is -1.17. The van der Waals surface area contributed by atoms with Gasteiger partial charge in [-0.05, 0) is 18.6 Å². The summed E-state index contributed by atoms with van der Waals surface area (Å²) >= 11 is 5.94. The highest BCUT2D eigenvalue weighted by molar-refractivity contribution is 6.33. The lowest BCUT2D eigenvalue weighted by molar-refractivity contribution is -0.134. The molecule has 2 heterocycles. The third-order valence-corrected chi connectivity index (χ3v) is 4.78. The van der Waals surface area contributed by atoms with Gasteiger partial charge in [0.15, 0.2) is 0 Å². The van der Waals surface area contributed by atoms with E-state index >= 15 is 0 Å². The number of hydrogen-bond acceptors (Lipinski definition) is 4. The predicted molar refractivity (Wildman–Crippen MR) is 93.6 cm³/mol. The maximum atomic E-state index is 13.9. The first-order valence-electron chi connectivity index (χ1n) is 7.91. The number of aliphatic hydroxyl groups is 1. The zero-order valence-corrected chi connectivity index (χ0v) is 15.0. The van der Waals surface area contributed by atoms with Crippen molar-refractivity contribution in [1.29, 1.82) is 0 Å². The third-order valence-electron chi connectivity index (χ3n) is 4.46. The minimum Gasteiger partial charge on any atom is -0.392 e. The van der Waals surface area contributed by atoms with Crippen LogP contribution in [0.25, 0.3) is 0 Å². The molecular formula is C16H20Cl2FN3O3. The Kier molecular flexibility index (Phi) is 6.62. The molecule has 25 heavy (non-hydrogen) atoms. The lowest BCUT2D eigenvalue weighted by Gasteiger charge is -2.36. The molecule has 0 bridgehead atoms. The standard InChI is InChI=1S/C16H19ClFN3O3.ClH/c17-11-2-1-3-12(18)14(11)16(24)21-6-4-20(5-7-21)15(23)13-8-10(22)9-19-13;/h1-3,10,13,19,22H,4-9H2;1H. The first-order valence-corrected chi connectivity index (χ1v) is 8.28. The molecule has 3 rings (SSSR count). The molecule has 2 unspecified atom stereocenters. The Labute approximate surface area is 156 Å². The van der Waals surface area contributed by atoms with Crippen LogP contribution in [-0.4, -0.2) is 71.6 Å². The normalized spacial score (nSPS) is 23.3. The van der Waals surface area contributed by atoms with Crippen LogP contribution in [0.3, 0.4) is 0 Å². The maximum absolute atomic E-state index is 13.9. The molecule has 2 fully saturated rings. The van der Waals surface area contributed by atoms with Gasteiger partial charge in [-0.1, -0.05) is 17.7 Å². The van der Waals surface area contributed by atoms with Gasteiger partial charge in [-0.3, -0.25) is 9.59 Å². The highest BCUT2D eigenvalue weighted by atomic mass is 35.5. The maximum Gasteiger partial charge on any atom is 0.258 e. The molecule has 0 aromatic heterocycles. The van der Waals surface area contributed by atoms with E-state index in [1.807, 2.05) is 0 Å². The average Bonchev–Trinajstić information content (AvgIpc) is 3.00. The van der Waals surface area contributed by atoms with Gasteiger partial charge in [-0.15, -0.1) is 12.4 Å². The number of nitrogens with zero attached hydrogens (tertiary/aromatic N) is 2. The lowest BCUT2D eigenvalue weighted by atomic mass is 10.1. The van der Waals surface area contributed by atoms with Crippen LogP contribution < -0.4 is 5.32 Å². The summed E-state index contributed by atoms with van der Waals surface area (Å²) in [7, 11) is 0. The van der Waals surface area contributed by atoms with E-state index < -0.39 is 17.8 Å². The van der Waals surface area contributed by atoms with E-state index in [-0.39, 0.29) is 34.9 Å². The van der Waals surface area contributed by atoms with Crippen LogP contribution in [0.5, 0.6) is 0 Å². The van der Waals surface area contributed by atoms with Crippen LogP contribution in [-0.2, 0) is 4.79 Å². The molecule has 2 aliphatic rings. The van der Waals surface area contributed by atoms with Crippen LogP contribution in [0, 0.1) is 5.82 Å². The molecule has 2 N–H and O–H groups in total. The van der Waals surface area contributed by atoms with E-state index in [1.54, 1.807) is 4.90 Å². The van der Waals surface area contributed by atoms with Crippen molar-refractivity contribution in [3.63, 3.8) is 0 Å². The number of carbonyl (C=O) groups is 2. The molecule has 138 valence electrons. The van der Waals surface area contributed by atoms with Gasteiger partial charge in [-0.25, -0.2) is 4.39 Å². The van der Waals surface area contributed by atoms with Crippen molar-refractivity contribution in [2.75, 3.05) is 32.7 Å². The summed E-state index contributed by atoms with van der Waals surface area (Å²) in [5.41, 5.74) is -0.125. The minimum atomic E-state index is -0.643. The zero-order valence-electron chi connectivity index (χ0n) is 13.5. The second kappa shape index (κ2) is 8.31. The number of piperazine rings is 1. The highest BCUT2D eigenvalue weighted by Crippen LogP contribution is 2.22. The molecule has 2 atom stereocenters. The molecule has 6 nitrogen and oxygen atoms in total. The molecule has 2 aliphatic heterocycles. The van der Waals surface area contributed by atoms with Crippen LogP contribution in [0.2, 0.25) is 5.02 Å². The molecule has 2 amide bonds. The average molecular weight is 392 g/mol. The highest BCUT2D eigenvalue weighted by Gasteiger charge is 2.34. The van der Waals surface area contributed by atoms with E-state index in [1.165, 1.54) is 23.1 Å². The van der Waals surface area contributed by atoms with Gasteiger partial charge in [0.2, 0.25) is 5.91 Å². The van der Waals surface area contributed by atoms with Gasteiger partial charge in [0.1, 0.15) is 5.82 Å². The summed E-state index contributed by atoms with van der Waals surface area (Å²) in [6.07, 6.45) is -0.0898. The quantitative estimate of drug-likeness (QED) is 0.785. The smallest absolute Gasteiger partial charge is 0.258 e. The van der Waals surface area contributed by atoms with Crippen molar-refractivity contribution < 1.29 is 19.1 Å². The minimum absolute atomic E-state index is 0. The molecule has 1 aromatic rings. The largest absolute Gasteiger partial charge is 0.392 e. The number of halogens is 3. The predicted octanol–water partition coefficient (Wildman–Crippen LogP) is 0.908. The van der Waals surface area contributed by atoms with E-state index in [9.17, 15) is 19.1 Å². The zero-order chi connectivity index (χ0) is 17.3.